The molecule has 0 aliphatic carbocycles. The molecular weight excluding hydrogens is 733 g/mol. The minimum atomic E-state index is -2.47. The van der Waals surface area contributed by atoms with Gasteiger partial charge in [0.25, 0.3) is 0 Å². The van der Waals surface area contributed by atoms with Gasteiger partial charge in [-0.3, -0.25) is 0 Å². The topological polar surface area (TPSA) is 83.1 Å². The first kappa shape index (κ1) is 50.3. The van der Waals surface area contributed by atoms with Crippen molar-refractivity contribution in [3.05, 3.63) is 0 Å². The van der Waals surface area contributed by atoms with Gasteiger partial charge in [-0.15, -0.1) is 0 Å². The molecule has 0 amide bonds. The van der Waals surface area contributed by atoms with E-state index in [2.05, 4.69) is 42.2 Å². The Kier molecular flexibility index (Phi) is 32.5. The first-order valence-electron chi connectivity index (χ1n) is 18.4. The minimum absolute atomic E-state index is 0.439. The first-order valence-corrected chi connectivity index (χ1v) is 27.7. The fourth-order valence-corrected chi connectivity index (χ4v) is 15.1. The molecule has 296 valence electrons. The molecule has 15 heteroatoms. The van der Waals surface area contributed by atoms with E-state index in [1.54, 1.807) is 64.0 Å². The van der Waals surface area contributed by atoms with Crippen molar-refractivity contribution in [3.63, 3.8) is 0 Å². The molecule has 0 bridgehead atoms. The van der Waals surface area contributed by atoms with Crippen LogP contribution in [-0.4, -0.2) is 125 Å². The van der Waals surface area contributed by atoms with Gasteiger partial charge in [0.1, 0.15) is 0 Å². The average Bonchev–Trinajstić information content (AvgIpc) is 3.14. The predicted octanol–water partition coefficient (Wildman–Crippen LogP) is 9.29. The first-order chi connectivity index (χ1) is 23.7. The average molecular weight is 809 g/mol. The van der Waals surface area contributed by atoms with Crippen molar-refractivity contribution < 1.29 is 39.8 Å². The van der Waals surface area contributed by atoms with E-state index < -0.39 is 26.4 Å². The van der Waals surface area contributed by atoms with Crippen LogP contribution in [0.4, 0.5) is 0 Å². The molecule has 0 rings (SSSR count). The molecule has 9 nitrogen and oxygen atoms in total. The van der Waals surface area contributed by atoms with Crippen LogP contribution in [0.1, 0.15) is 96.8 Å². The molecule has 0 saturated heterocycles. The number of thioether (sulfide) groups is 3. The van der Waals surface area contributed by atoms with Gasteiger partial charge >= 0.3 is 26.4 Å². The molecule has 0 aromatic rings. The zero-order chi connectivity index (χ0) is 36.7. The fraction of sp³-hybridized carbons (Fsp3) is 1.00. The monoisotopic (exact) mass is 808 g/mol. The Labute approximate surface area is 318 Å². The van der Waals surface area contributed by atoms with Gasteiger partial charge in [-0.2, -0.15) is 35.3 Å². The summed E-state index contributed by atoms with van der Waals surface area (Å²) in [5.41, 5.74) is 0.439. The highest BCUT2D eigenvalue weighted by Gasteiger charge is 2.38. The van der Waals surface area contributed by atoms with E-state index in [1.807, 2.05) is 0 Å². The van der Waals surface area contributed by atoms with Crippen LogP contribution in [0.25, 0.3) is 0 Å². The van der Waals surface area contributed by atoms with Crippen LogP contribution in [0.2, 0.25) is 18.1 Å². The third-order valence-electron chi connectivity index (χ3n) is 9.66. The Hall–Kier alpha value is 1.34. The summed E-state index contributed by atoms with van der Waals surface area (Å²) in [6.45, 7) is 2.31. The number of hydrogen-bond donors (Lipinski definition) is 0. The van der Waals surface area contributed by atoms with Gasteiger partial charge in [0, 0.05) is 82.1 Å². The van der Waals surface area contributed by atoms with Crippen molar-refractivity contribution in [2.45, 2.75) is 115 Å². The molecule has 49 heavy (non-hydrogen) atoms. The Morgan fingerprint density at radius 3 is 0.878 bits per heavy atom. The zero-order valence-corrected chi connectivity index (χ0v) is 38.6. The van der Waals surface area contributed by atoms with Gasteiger partial charge in [-0.05, 0) is 104 Å². The van der Waals surface area contributed by atoms with Gasteiger partial charge in [0.15, 0.2) is 0 Å². The SMILES string of the molecule is CCCCCCC(CCCSCCC[Si](OC)(OC)OC)(CCCSCCC[Si](OC)(OC)OC)CCCSCCC[Si](OC)(OC)OC. The summed E-state index contributed by atoms with van der Waals surface area (Å²) in [6, 6.07) is 2.62. The van der Waals surface area contributed by atoms with Crippen molar-refractivity contribution in [3.8, 4) is 0 Å². The number of unbranched alkanes of at least 4 members (excludes halogenated alkanes) is 3. The summed E-state index contributed by atoms with van der Waals surface area (Å²) in [5, 5.41) is 0. The Bertz CT molecular complexity index is 630. The van der Waals surface area contributed by atoms with Crippen molar-refractivity contribution in [1.82, 2.24) is 0 Å². The molecule has 0 aliphatic heterocycles. The standard InChI is InChI=1S/C34H76O9S3Si3/c1-11-12-13-14-21-34(22-15-25-44-28-18-31-47(35-2,36-3)37-4,23-16-26-45-29-19-32-48(38-5,39-6)40-7)24-17-27-46-30-20-33-49(41-8,42-9)43-10/h11-33H2,1-10H3. The number of rotatable bonds is 38. The van der Waals surface area contributed by atoms with Crippen molar-refractivity contribution in [2.75, 3.05) is 98.5 Å². The maximum Gasteiger partial charge on any atom is 0.500 e. The summed E-state index contributed by atoms with van der Waals surface area (Å²) in [4.78, 5) is 0. The predicted molar refractivity (Wildman–Crippen MR) is 219 cm³/mol. The van der Waals surface area contributed by atoms with Gasteiger partial charge in [-0.1, -0.05) is 32.6 Å². The second-order valence-electron chi connectivity index (χ2n) is 12.7. The van der Waals surface area contributed by atoms with Gasteiger partial charge < -0.3 is 39.8 Å². The maximum absolute atomic E-state index is 5.61. The molecule has 0 heterocycles. The fourth-order valence-electron chi connectivity index (χ4n) is 6.47. The summed E-state index contributed by atoms with van der Waals surface area (Å²) >= 11 is 6.24. The van der Waals surface area contributed by atoms with Crippen LogP contribution in [0.5, 0.6) is 0 Å². The molecule has 0 aromatic heterocycles. The lowest BCUT2D eigenvalue weighted by atomic mass is 9.72. The van der Waals surface area contributed by atoms with E-state index in [0.29, 0.717) is 5.41 Å². The van der Waals surface area contributed by atoms with Crippen molar-refractivity contribution >= 4 is 61.7 Å². The molecule has 0 saturated carbocycles. The molecule has 0 N–H and O–H groups in total. The Morgan fingerprint density at radius 2 is 0.612 bits per heavy atom. The zero-order valence-electron chi connectivity index (χ0n) is 33.2. The van der Waals surface area contributed by atoms with Gasteiger partial charge in [0.05, 0.1) is 0 Å². The Morgan fingerprint density at radius 1 is 0.347 bits per heavy atom. The van der Waals surface area contributed by atoms with E-state index in [1.165, 1.54) is 87.9 Å². The molecular formula is C34H76O9S3Si3. The maximum atomic E-state index is 5.61. The lowest BCUT2D eigenvalue weighted by Gasteiger charge is -2.35. The highest BCUT2D eigenvalue weighted by Crippen LogP contribution is 2.42. The summed E-state index contributed by atoms with van der Waals surface area (Å²) in [6.07, 6.45) is 17.8. The minimum Gasteiger partial charge on any atom is -0.377 e. The third kappa shape index (κ3) is 21.7. The quantitative estimate of drug-likeness (QED) is 0.0441. The molecule has 0 unspecified atom stereocenters. The van der Waals surface area contributed by atoms with E-state index in [9.17, 15) is 0 Å². The highest BCUT2D eigenvalue weighted by atomic mass is 32.2. The van der Waals surface area contributed by atoms with Gasteiger partial charge in [-0.25, -0.2) is 0 Å². The summed E-state index contributed by atoms with van der Waals surface area (Å²) < 4.78 is 50.5. The lowest BCUT2D eigenvalue weighted by molar-refractivity contribution is 0.123. The van der Waals surface area contributed by atoms with E-state index in [-0.39, 0.29) is 0 Å². The second-order valence-corrected chi connectivity index (χ2v) is 25.6. The van der Waals surface area contributed by atoms with E-state index in [4.69, 9.17) is 39.8 Å². The van der Waals surface area contributed by atoms with Crippen LogP contribution in [0, 0.1) is 5.41 Å². The normalized spacial score (nSPS) is 13.1. The molecule has 0 aliphatic rings. The second kappa shape index (κ2) is 31.7. The molecule has 0 spiro atoms. The van der Waals surface area contributed by atoms with Crippen molar-refractivity contribution in [2.24, 2.45) is 5.41 Å². The van der Waals surface area contributed by atoms with E-state index in [0.717, 1.165) is 54.7 Å². The molecule has 0 aromatic carbocycles. The Balaban J connectivity index is 5.17. The number of hydrogen-bond acceptors (Lipinski definition) is 12. The van der Waals surface area contributed by atoms with Gasteiger partial charge in [0.2, 0.25) is 0 Å². The molecule has 0 atom stereocenters. The largest absolute Gasteiger partial charge is 0.500 e. The van der Waals surface area contributed by atoms with Crippen molar-refractivity contribution in [1.29, 1.82) is 0 Å². The highest BCUT2D eigenvalue weighted by molar-refractivity contribution is 7.99. The van der Waals surface area contributed by atoms with Crippen LogP contribution in [-0.2, 0) is 39.8 Å². The summed E-state index contributed by atoms with van der Waals surface area (Å²) in [5.74, 6) is 7.03. The van der Waals surface area contributed by atoms with Crippen LogP contribution in [0.15, 0.2) is 0 Å². The van der Waals surface area contributed by atoms with Crippen LogP contribution in [0.3, 0.4) is 0 Å². The third-order valence-corrected chi connectivity index (χ3v) is 21.6. The molecule has 0 fully saturated rings. The van der Waals surface area contributed by atoms with Crippen LogP contribution >= 0.6 is 35.3 Å². The molecule has 0 radical (unpaired) electrons. The van der Waals surface area contributed by atoms with E-state index >= 15 is 0 Å². The summed E-state index contributed by atoms with van der Waals surface area (Å²) in [7, 11) is 7.91. The van der Waals surface area contributed by atoms with Crippen LogP contribution < -0.4 is 0 Å². The smallest absolute Gasteiger partial charge is 0.377 e. The lowest BCUT2D eigenvalue weighted by Crippen LogP contribution is -2.42.